The first-order chi connectivity index (χ1) is 12.6. The van der Waals surface area contributed by atoms with Gasteiger partial charge in [0, 0.05) is 5.56 Å². The quantitative estimate of drug-likeness (QED) is 0.441. The van der Waals surface area contributed by atoms with Crippen molar-refractivity contribution in [3.8, 4) is 22.1 Å². The number of aromatic hydroxyl groups is 1. The normalized spacial score (nSPS) is 11.0. The number of hydrogen-bond donors (Lipinski definition) is 3. The van der Waals surface area contributed by atoms with Crippen molar-refractivity contribution >= 4 is 35.1 Å². The molecule has 134 valence electrons. The van der Waals surface area contributed by atoms with Crippen molar-refractivity contribution < 1.29 is 14.6 Å². The van der Waals surface area contributed by atoms with Crippen LogP contribution in [0.1, 0.15) is 23.0 Å². The number of nitrogens with zero attached hydrogens (tertiary/aromatic N) is 2. The molecule has 1 amide bonds. The van der Waals surface area contributed by atoms with E-state index in [4.69, 9.17) is 16.3 Å². The van der Waals surface area contributed by atoms with Gasteiger partial charge in [-0.05, 0) is 37.3 Å². The van der Waals surface area contributed by atoms with E-state index >= 15 is 0 Å². The van der Waals surface area contributed by atoms with Gasteiger partial charge in [-0.15, -0.1) is 11.3 Å². The zero-order valence-electron chi connectivity index (χ0n) is 13.7. The van der Waals surface area contributed by atoms with Gasteiger partial charge in [-0.1, -0.05) is 17.7 Å². The Kier molecular flexibility index (Phi) is 5.55. The van der Waals surface area contributed by atoms with E-state index in [1.54, 1.807) is 30.3 Å². The lowest BCUT2D eigenvalue weighted by atomic mass is 10.2. The van der Waals surface area contributed by atoms with Crippen LogP contribution in [-0.4, -0.2) is 34.0 Å². The molecule has 9 heteroatoms. The summed E-state index contributed by atoms with van der Waals surface area (Å²) in [5.74, 6) is -0.162. The van der Waals surface area contributed by atoms with E-state index < -0.39 is 5.91 Å². The molecule has 0 saturated heterocycles. The third-order valence-corrected chi connectivity index (χ3v) is 4.61. The van der Waals surface area contributed by atoms with Gasteiger partial charge < -0.3 is 9.84 Å². The number of carbonyl (C=O) groups excluding carboxylic acids is 1. The fourth-order valence-electron chi connectivity index (χ4n) is 2.16. The predicted molar refractivity (Wildman–Crippen MR) is 101 cm³/mol. The lowest BCUT2D eigenvalue weighted by molar-refractivity contribution is 0.0950. The van der Waals surface area contributed by atoms with Gasteiger partial charge in [0.15, 0.2) is 17.2 Å². The maximum Gasteiger partial charge on any atom is 0.291 e. The lowest BCUT2D eigenvalue weighted by Crippen LogP contribution is -2.18. The van der Waals surface area contributed by atoms with E-state index in [-0.39, 0.29) is 11.4 Å². The molecule has 0 unspecified atom stereocenters. The molecule has 0 radical (unpaired) electrons. The van der Waals surface area contributed by atoms with Crippen molar-refractivity contribution in [2.24, 2.45) is 5.10 Å². The van der Waals surface area contributed by atoms with Crippen LogP contribution in [0.15, 0.2) is 41.5 Å². The lowest BCUT2D eigenvalue weighted by Gasteiger charge is -2.06. The molecule has 7 nitrogen and oxygen atoms in total. The zero-order valence-corrected chi connectivity index (χ0v) is 15.3. The number of aromatic amines is 1. The van der Waals surface area contributed by atoms with E-state index in [0.717, 1.165) is 4.88 Å². The van der Waals surface area contributed by atoms with E-state index in [0.29, 0.717) is 28.0 Å². The summed E-state index contributed by atoms with van der Waals surface area (Å²) in [6, 6.07) is 10.3. The highest BCUT2D eigenvalue weighted by Gasteiger charge is 2.12. The van der Waals surface area contributed by atoms with Crippen molar-refractivity contribution in [3.05, 3.63) is 52.0 Å². The van der Waals surface area contributed by atoms with Crippen LogP contribution in [0.4, 0.5) is 0 Å². The van der Waals surface area contributed by atoms with E-state index in [9.17, 15) is 9.90 Å². The van der Waals surface area contributed by atoms with Crippen molar-refractivity contribution in [2.45, 2.75) is 6.92 Å². The number of phenols is 1. The summed E-state index contributed by atoms with van der Waals surface area (Å²) < 4.78 is 5.95. The fraction of sp³-hybridized carbons (Fsp3) is 0.118. The first-order valence-electron chi connectivity index (χ1n) is 7.67. The highest BCUT2D eigenvalue weighted by molar-refractivity contribution is 7.19. The minimum absolute atomic E-state index is 0.0380. The maximum absolute atomic E-state index is 12.1. The summed E-state index contributed by atoms with van der Waals surface area (Å²) in [7, 11) is 0. The van der Waals surface area contributed by atoms with Crippen LogP contribution in [0.25, 0.3) is 10.6 Å². The number of carbonyl (C=O) groups is 1. The number of hydrazone groups is 1. The van der Waals surface area contributed by atoms with E-state index in [1.165, 1.54) is 17.6 Å². The first kappa shape index (κ1) is 18.0. The van der Waals surface area contributed by atoms with Gasteiger partial charge in [-0.3, -0.25) is 9.89 Å². The van der Waals surface area contributed by atoms with Gasteiger partial charge >= 0.3 is 0 Å². The van der Waals surface area contributed by atoms with Gasteiger partial charge in [0.1, 0.15) is 0 Å². The summed E-state index contributed by atoms with van der Waals surface area (Å²) in [6.07, 6.45) is 1.34. The van der Waals surface area contributed by atoms with Gasteiger partial charge in [0.2, 0.25) is 0 Å². The van der Waals surface area contributed by atoms with Crippen LogP contribution in [0.2, 0.25) is 4.34 Å². The molecule has 2 aromatic heterocycles. The van der Waals surface area contributed by atoms with Gasteiger partial charge in [-0.2, -0.15) is 10.2 Å². The highest BCUT2D eigenvalue weighted by atomic mass is 35.5. The third kappa shape index (κ3) is 4.04. The van der Waals surface area contributed by atoms with Crippen molar-refractivity contribution in [1.82, 2.24) is 15.6 Å². The average Bonchev–Trinajstić information content (AvgIpc) is 3.27. The Labute approximate surface area is 158 Å². The number of H-pyrrole nitrogens is 1. The SMILES string of the molecule is CCOc1cccc(C=NNC(=O)c2cc(-c3ccc(Cl)s3)[nH]n2)c1O. The number of para-hydroxylation sites is 1. The number of ether oxygens (including phenoxy) is 1. The Hall–Kier alpha value is -2.84. The maximum atomic E-state index is 12.1. The molecule has 0 saturated carbocycles. The highest BCUT2D eigenvalue weighted by Crippen LogP contribution is 2.30. The molecule has 2 heterocycles. The van der Waals surface area contributed by atoms with Crippen molar-refractivity contribution in [2.75, 3.05) is 6.61 Å². The molecule has 3 N–H and O–H groups in total. The second-order valence-electron chi connectivity index (χ2n) is 5.10. The smallest absolute Gasteiger partial charge is 0.291 e. The number of aromatic nitrogens is 2. The molecule has 0 spiro atoms. The number of phenolic OH excluding ortho intramolecular Hbond substituents is 1. The second kappa shape index (κ2) is 8.03. The molecule has 0 aliphatic heterocycles. The van der Waals surface area contributed by atoms with Crippen LogP contribution < -0.4 is 10.2 Å². The standard InChI is InChI=1S/C17H15ClN4O3S/c1-2-25-13-5-3-4-10(16(13)23)9-19-22-17(24)12-8-11(20-21-12)14-6-7-15(18)26-14/h3-9,23H,2H2,1H3,(H,20,21)(H,22,24). The Morgan fingerprint density at radius 1 is 1.46 bits per heavy atom. The van der Waals surface area contributed by atoms with Crippen LogP contribution in [0.5, 0.6) is 11.5 Å². The number of amides is 1. The van der Waals surface area contributed by atoms with Gasteiger partial charge in [-0.25, -0.2) is 5.43 Å². The molecule has 0 fully saturated rings. The largest absolute Gasteiger partial charge is 0.504 e. The zero-order chi connectivity index (χ0) is 18.5. The summed E-state index contributed by atoms with van der Waals surface area (Å²) in [5.41, 5.74) is 3.67. The van der Waals surface area contributed by atoms with Gasteiger partial charge in [0.05, 0.1) is 27.7 Å². The number of hydrogen-bond acceptors (Lipinski definition) is 6. The van der Waals surface area contributed by atoms with Crippen molar-refractivity contribution in [1.29, 1.82) is 0 Å². The molecular formula is C17H15ClN4O3S. The number of halogens is 1. The van der Waals surface area contributed by atoms with Crippen molar-refractivity contribution in [3.63, 3.8) is 0 Å². The Morgan fingerprint density at radius 3 is 3.04 bits per heavy atom. The Bertz CT molecular complexity index is 951. The number of nitrogens with one attached hydrogen (secondary N) is 2. The molecule has 0 aliphatic rings. The fourth-order valence-corrected chi connectivity index (χ4v) is 3.17. The van der Waals surface area contributed by atoms with Gasteiger partial charge in [0.25, 0.3) is 5.91 Å². The van der Waals surface area contributed by atoms with Crippen LogP contribution in [-0.2, 0) is 0 Å². The van der Waals surface area contributed by atoms with Crippen LogP contribution in [0.3, 0.4) is 0 Å². The number of rotatable bonds is 6. The summed E-state index contributed by atoms with van der Waals surface area (Å²) in [5, 5.41) is 20.7. The molecule has 0 atom stereocenters. The van der Waals surface area contributed by atoms with Crippen LogP contribution in [0, 0.1) is 0 Å². The summed E-state index contributed by atoms with van der Waals surface area (Å²) >= 11 is 7.29. The topological polar surface area (TPSA) is 99.6 Å². The Balaban J connectivity index is 1.67. The van der Waals surface area contributed by atoms with Crippen LogP contribution >= 0.6 is 22.9 Å². The number of thiophene rings is 1. The minimum Gasteiger partial charge on any atom is -0.504 e. The molecule has 1 aromatic carbocycles. The minimum atomic E-state index is -0.480. The average molecular weight is 391 g/mol. The monoisotopic (exact) mass is 390 g/mol. The summed E-state index contributed by atoms with van der Waals surface area (Å²) in [4.78, 5) is 13.0. The number of benzene rings is 1. The molecule has 26 heavy (non-hydrogen) atoms. The second-order valence-corrected chi connectivity index (χ2v) is 6.81. The third-order valence-electron chi connectivity index (χ3n) is 3.35. The molecular weight excluding hydrogens is 376 g/mol. The molecule has 0 aliphatic carbocycles. The molecule has 3 aromatic rings. The summed E-state index contributed by atoms with van der Waals surface area (Å²) in [6.45, 7) is 2.25. The Morgan fingerprint density at radius 2 is 2.31 bits per heavy atom. The molecule has 0 bridgehead atoms. The predicted octanol–water partition coefficient (Wildman–Crippen LogP) is 3.66. The van der Waals surface area contributed by atoms with E-state index in [2.05, 4.69) is 20.7 Å². The molecule has 3 rings (SSSR count). The first-order valence-corrected chi connectivity index (χ1v) is 8.87. The van der Waals surface area contributed by atoms with E-state index in [1.807, 2.05) is 13.0 Å².